The van der Waals surface area contributed by atoms with Crippen molar-refractivity contribution in [3.05, 3.63) is 66.8 Å². The van der Waals surface area contributed by atoms with Crippen LogP contribution >= 0.6 is 0 Å². The zero-order valence-corrected chi connectivity index (χ0v) is 33.5. The van der Waals surface area contributed by atoms with E-state index in [2.05, 4.69) is 84.4 Å². The number of likely N-dealkylation sites (N-methyl/N-ethyl adjacent to an activating group) is 1. The van der Waals surface area contributed by atoms with E-state index >= 15 is 0 Å². The number of allylic oxidation sites excluding steroid dienone is 8. The maximum atomic E-state index is 6.95. The van der Waals surface area contributed by atoms with Gasteiger partial charge in [0.2, 0.25) is 0 Å². The highest BCUT2D eigenvalue weighted by Crippen LogP contribution is 2.44. The average molecular weight is 706 g/mol. The summed E-state index contributed by atoms with van der Waals surface area (Å²) >= 11 is 0. The van der Waals surface area contributed by atoms with Gasteiger partial charge in [-0.15, -0.1) is 0 Å². The van der Waals surface area contributed by atoms with Crippen molar-refractivity contribution in [1.82, 2.24) is 14.9 Å². The highest BCUT2D eigenvalue weighted by Gasteiger charge is 2.51. The second kappa shape index (κ2) is 28.5. The van der Waals surface area contributed by atoms with E-state index in [1.54, 1.807) is 6.33 Å². The van der Waals surface area contributed by atoms with Crippen LogP contribution in [-0.2, 0) is 15.9 Å². The van der Waals surface area contributed by atoms with Gasteiger partial charge in [0.25, 0.3) is 0 Å². The third-order valence-corrected chi connectivity index (χ3v) is 11.1. The molecule has 1 aliphatic carbocycles. The Morgan fingerprint density at radius 3 is 1.55 bits per heavy atom. The summed E-state index contributed by atoms with van der Waals surface area (Å²) < 4.78 is 13.9. The van der Waals surface area contributed by atoms with Gasteiger partial charge in [-0.05, 0) is 84.1 Å². The van der Waals surface area contributed by atoms with E-state index in [1.807, 2.05) is 6.20 Å². The Morgan fingerprint density at radius 2 is 1.10 bits per heavy atom. The largest absolute Gasteiger partial charge is 0.351 e. The number of hydrogen-bond donors (Lipinski definition) is 1. The van der Waals surface area contributed by atoms with Crippen molar-refractivity contribution in [1.29, 1.82) is 0 Å². The molecule has 1 N–H and O–H groups in total. The first kappa shape index (κ1) is 43.5. The lowest BCUT2D eigenvalue weighted by atomic mass is 9.98. The predicted molar refractivity (Wildman–Crippen MR) is 219 cm³/mol. The first-order chi connectivity index (χ1) is 25.2. The summed E-state index contributed by atoms with van der Waals surface area (Å²) in [6.07, 6.45) is 56.4. The average Bonchev–Trinajstić information content (AvgIpc) is 3.87. The summed E-state index contributed by atoms with van der Waals surface area (Å²) in [7, 11) is 2.26. The first-order valence-corrected chi connectivity index (χ1v) is 21.8. The van der Waals surface area contributed by atoms with Crippen molar-refractivity contribution in [3.8, 4) is 0 Å². The number of ether oxygens (including phenoxy) is 2. The molecule has 0 amide bonds. The van der Waals surface area contributed by atoms with Gasteiger partial charge in [-0.2, -0.15) is 0 Å². The molecular formula is C46H79N3O2. The molecule has 0 radical (unpaired) electrons. The van der Waals surface area contributed by atoms with E-state index < -0.39 is 0 Å². The molecule has 1 aromatic heterocycles. The minimum atomic E-state index is -0.348. The SMILES string of the molecule is CCCC/C=C\C/C=C\CCCCCCCCC1(CCCCCCCC/C=C\C/C=C\CCCC)O[C@H]2C[C@H](N(C)CCc3c[nH]cn3)C[C@H]2O1. The summed E-state index contributed by atoms with van der Waals surface area (Å²) in [5, 5.41) is 0. The lowest BCUT2D eigenvalue weighted by Gasteiger charge is -2.32. The molecule has 5 nitrogen and oxygen atoms in total. The molecule has 0 aromatic carbocycles. The fraction of sp³-hybridized carbons (Fsp3) is 0.761. The quantitative estimate of drug-likeness (QED) is 0.0599. The summed E-state index contributed by atoms with van der Waals surface area (Å²) in [6.45, 7) is 5.54. The Labute approximate surface area is 315 Å². The molecule has 1 saturated carbocycles. The van der Waals surface area contributed by atoms with Gasteiger partial charge in [0.1, 0.15) is 0 Å². The molecule has 3 atom stereocenters. The predicted octanol–water partition coefficient (Wildman–Crippen LogP) is 13.2. The molecule has 2 aliphatic rings. The van der Waals surface area contributed by atoms with E-state index in [1.165, 1.54) is 128 Å². The molecule has 3 rings (SSSR count). The Balaban J connectivity index is 1.31. The Morgan fingerprint density at radius 1 is 0.647 bits per heavy atom. The van der Waals surface area contributed by atoms with Gasteiger partial charge in [0.05, 0.1) is 24.2 Å². The van der Waals surface area contributed by atoms with Crippen molar-refractivity contribution in [3.63, 3.8) is 0 Å². The maximum Gasteiger partial charge on any atom is 0.169 e. The molecule has 0 unspecified atom stereocenters. The van der Waals surface area contributed by atoms with E-state index in [-0.39, 0.29) is 18.0 Å². The molecule has 51 heavy (non-hydrogen) atoms. The second-order valence-electron chi connectivity index (χ2n) is 15.6. The molecule has 1 aromatic rings. The number of aromatic amines is 1. The minimum absolute atomic E-state index is 0.252. The summed E-state index contributed by atoms with van der Waals surface area (Å²) in [5.41, 5.74) is 1.14. The topological polar surface area (TPSA) is 50.4 Å². The number of fused-ring (bicyclic) bond motifs is 1. The van der Waals surface area contributed by atoms with Crippen LogP contribution < -0.4 is 0 Å². The number of nitrogens with zero attached hydrogens (tertiary/aromatic N) is 2. The number of unbranched alkanes of at least 4 members (excludes halogenated alkanes) is 16. The van der Waals surface area contributed by atoms with Gasteiger partial charge in [-0.3, -0.25) is 0 Å². The zero-order chi connectivity index (χ0) is 36.1. The molecule has 2 heterocycles. The van der Waals surface area contributed by atoms with Crippen LogP contribution in [0.4, 0.5) is 0 Å². The zero-order valence-electron chi connectivity index (χ0n) is 33.5. The Hall–Kier alpha value is -1.95. The fourth-order valence-electron chi connectivity index (χ4n) is 7.77. The van der Waals surface area contributed by atoms with Crippen LogP contribution in [0, 0.1) is 0 Å². The molecule has 1 saturated heterocycles. The van der Waals surface area contributed by atoms with E-state index in [4.69, 9.17) is 9.47 Å². The number of aromatic nitrogens is 2. The van der Waals surface area contributed by atoms with Crippen molar-refractivity contribution in [2.45, 2.75) is 211 Å². The van der Waals surface area contributed by atoms with Crippen LogP contribution in [0.25, 0.3) is 0 Å². The number of imidazole rings is 1. The molecule has 0 bridgehead atoms. The molecular weight excluding hydrogens is 627 g/mol. The monoisotopic (exact) mass is 706 g/mol. The van der Waals surface area contributed by atoms with E-state index in [9.17, 15) is 0 Å². The van der Waals surface area contributed by atoms with Gasteiger partial charge in [0, 0.05) is 38.0 Å². The lowest BCUT2D eigenvalue weighted by Crippen LogP contribution is -2.36. The van der Waals surface area contributed by atoms with Crippen molar-refractivity contribution in [2.75, 3.05) is 13.6 Å². The van der Waals surface area contributed by atoms with Crippen LogP contribution in [0.2, 0.25) is 0 Å². The third-order valence-electron chi connectivity index (χ3n) is 11.1. The van der Waals surface area contributed by atoms with Gasteiger partial charge in [-0.1, -0.05) is 140 Å². The Kier molecular flexibility index (Phi) is 24.3. The van der Waals surface area contributed by atoms with Crippen LogP contribution in [0.3, 0.4) is 0 Å². The van der Waals surface area contributed by atoms with Crippen molar-refractivity contribution >= 4 is 0 Å². The first-order valence-electron chi connectivity index (χ1n) is 21.8. The standard InChI is InChI=1S/C46H79N3O2/c1-4-6-8-10-12-14-16-18-20-22-24-26-28-30-32-35-46(36-33-31-29-27-25-23-21-19-17-15-13-11-9-7-5-2)50-44-38-43(39-45(44)51-46)49(3)37-34-42-40-47-41-48-42/h10-13,16-19,40-41,43-45H,4-9,14-15,20-39H2,1-3H3,(H,47,48)/b12-10-,13-11-,18-16-,19-17-/t43-,44-,45+. The highest BCUT2D eigenvalue weighted by molar-refractivity contribution is 4.99. The smallest absolute Gasteiger partial charge is 0.169 e. The summed E-state index contributed by atoms with van der Waals surface area (Å²) in [6, 6.07) is 0.533. The van der Waals surface area contributed by atoms with Crippen molar-refractivity contribution < 1.29 is 9.47 Å². The third kappa shape index (κ3) is 19.6. The number of hydrogen-bond acceptors (Lipinski definition) is 4. The molecule has 1 aliphatic heterocycles. The molecule has 2 fully saturated rings. The van der Waals surface area contributed by atoms with Crippen LogP contribution in [-0.4, -0.2) is 52.5 Å². The summed E-state index contributed by atoms with van der Waals surface area (Å²) in [5.74, 6) is -0.348. The number of H-pyrrole nitrogens is 1. The molecule has 0 spiro atoms. The lowest BCUT2D eigenvalue weighted by molar-refractivity contribution is -0.193. The Bertz CT molecular complexity index is 999. The van der Waals surface area contributed by atoms with Crippen LogP contribution in [0.5, 0.6) is 0 Å². The number of nitrogens with one attached hydrogen (secondary N) is 1. The molecule has 290 valence electrons. The van der Waals surface area contributed by atoms with Gasteiger partial charge in [-0.25, -0.2) is 4.98 Å². The molecule has 5 heteroatoms. The fourth-order valence-corrected chi connectivity index (χ4v) is 7.77. The van der Waals surface area contributed by atoms with E-state index in [0.29, 0.717) is 6.04 Å². The second-order valence-corrected chi connectivity index (χ2v) is 15.6. The minimum Gasteiger partial charge on any atom is -0.351 e. The number of rotatable bonds is 32. The van der Waals surface area contributed by atoms with Crippen LogP contribution in [0.15, 0.2) is 61.1 Å². The van der Waals surface area contributed by atoms with Gasteiger partial charge in [0.15, 0.2) is 5.79 Å². The van der Waals surface area contributed by atoms with Gasteiger partial charge < -0.3 is 19.4 Å². The summed E-state index contributed by atoms with van der Waals surface area (Å²) in [4.78, 5) is 9.99. The highest BCUT2D eigenvalue weighted by atomic mass is 16.8. The normalized spacial score (nSPS) is 20.4. The van der Waals surface area contributed by atoms with Crippen molar-refractivity contribution in [2.24, 2.45) is 0 Å². The maximum absolute atomic E-state index is 6.95. The van der Waals surface area contributed by atoms with E-state index in [0.717, 1.165) is 57.2 Å². The van der Waals surface area contributed by atoms with Gasteiger partial charge >= 0.3 is 0 Å². The van der Waals surface area contributed by atoms with Crippen LogP contribution in [0.1, 0.15) is 186 Å².